The molecule has 0 bridgehead atoms. The summed E-state index contributed by atoms with van der Waals surface area (Å²) in [6.07, 6.45) is 4.77. The molecule has 2 aliphatic rings. The molecule has 2 saturated heterocycles. The number of aromatic nitrogens is 2. The van der Waals surface area contributed by atoms with Gasteiger partial charge in [0.25, 0.3) is 5.91 Å². The van der Waals surface area contributed by atoms with E-state index in [1.165, 1.54) is 29.4 Å². The van der Waals surface area contributed by atoms with Gasteiger partial charge in [-0.15, -0.1) is 0 Å². The first-order valence-electron chi connectivity index (χ1n) is 14.0. The predicted molar refractivity (Wildman–Crippen MR) is 154 cm³/mol. The third kappa shape index (κ3) is 5.91. The van der Waals surface area contributed by atoms with Crippen LogP contribution in [0.1, 0.15) is 78.7 Å². The number of amides is 1. The fraction of sp³-hybridized carbons (Fsp3) is 0.469. The van der Waals surface area contributed by atoms with Gasteiger partial charge in [-0.2, -0.15) is 0 Å². The van der Waals surface area contributed by atoms with Crippen molar-refractivity contribution in [2.75, 3.05) is 31.5 Å². The Labute approximate surface area is 227 Å². The van der Waals surface area contributed by atoms with Gasteiger partial charge in [-0.25, -0.2) is 9.97 Å². The van der Waals surface area contributed by atoms with Crippen LogP contribution in [0, 0.1) is 6.92 Å². The number of hydrogen-bond acceptors (Lipinski definition) is 5. The highest BCUT2D eigenvalue weighted by molar-refractivity contribution is 5.94. The van der Waals surface area contributed by atoms with Crippen molar-refractivity contribution in [2.24, 2.45) is 0 Å². The van der Waals surface area contributed by atoms with E-state index in [0.29, 0.717) is 24.2 Å². The summed E-state index contributed by atoms with van der Waals surface area (Å²) in [5.41, 5.74) is 5.41. The number of benzene rings is 2. The van der Waals surface area contributed by atoms with E-state index in [-0.39, 0.29) is 11.3 Å². The quantitative estimate of drug-likeness (QED) is 0.454. The number of nitrogens with zero attached hydrogens (tertiary/aromatic N) is 4. The highest BCUT2D eigenvalue weighted by atomic mass is 16.2. The number of carbonyl (C=O) groups is 1. The van der Waals surface area contributed by atoms with Gasteiger partial charge in [0.1, 0.15) is 17.8 Å². The molecule has 0 aliphatic carbocycles. The Kier molecular flexibility index (Phi) is 7.80. The largest absolute Gasteiger partial charge is 0.366 e. The Morgan fingerprint density at radius 2 is 1.66 bits per heavy atom. The average molecular weight is 512 g/mol. The van der Waals surface area contributed by atoms with Gasteiger partial charge in [0.2, 0.25) is 0 Å². The SMILES string of the molecule is Cc1c(NCc2ccc(C(C)(C)C)cc2)ncnc1C(=O)N1CCC(N2CCC(c3ccccc3)C2)CC1. The summed E-state index contributed by atoms with van der Waals surface area (Å²) in [6.45, 7) is 13.1. The number of piperidine rings is 1. The molecule has 6 heteroatoms. The molecule has 5 rings (SSSR count). The van der Waals surface area contributed by atoms with Crippen LogP contribution in [0.4, 0.5) is 5.82 Å². The summed E-state index contributed by atoms with van der Waals surface area (Å²) in [4.78, 5) is 26.9. The molecule has 1 atom stereocenters. The van der Waals surface area contributed by atoms with Crippen molar-refractivity contribution in [3.05, 3.63) is 88.9 Å². The molecule has 2 aliphatic heterocycles. The Hall–Kier alpha value is -3.25. The van der Waals surface area contributed by atoms with Crippen LogP contribution in [0.15, 0.2) is 60.9 Å². The molecule has 1 aromatic heterocycles. The van der Waals surface area contributed by atoms with Crippen LogP contribution in [-0.2, 0) is 12.0 Å². The predicted octanol–water partition coefficient (Wildman–Crippen LogP) is 5.79. The molecule has 1 N–H and O–H groups in total. The number of carbonyl (C=O) groups excluding carboxylic acids is 1. The van der Waals surface area contributed by atoms with Gasteiger partial charge in [-0.1, -0.05) is 75.4 Å². The van der Waals surface area contributed by atoms with E-state index in [4.69, 9.17) is 0 Å². The van der Waals surface area contributed by atoms with Gasteiger partial charge < -0.3 is 10.2 Å². The van der Waals surface area contributed by atoms with Gasteiger partial charge in [0.05, 0.1) is 0 Å². The summed E-state index contributed by atoms with van der Waals surface area (Å²) < 4.78 is 0. The molecule has 2 fully saturated rings. The fourth-order valence-corrected chi connectivity index (χ4v) is 5.85. The molecule has 1 amide bonds. The smallest absolute Gasteiger partial charge is 0.272 e. The minimum absolute atomic E-state index is 0.0181. The van der Waals surface area contributed by atoms with Crippen molar-refractivity contribution in [1.29, 1.82) is 0 Å². The third-order valence-electron chi connectivity index (χ3n) is 8.33. The van der Waals surface area contributed by atoms with Gasteiger partial charge in [-0.05, 0) is 60.8 Å². The lowest BCUT2D eigenvalue weighted by atomic mass is 9.87. The van der Waals surface area contributed by atoms with Crippen molar-refractivity contribution >= 4 is 11.7 Å². The van der Waals surface area contributed by atoms with Gasteiger partial charge in [0.15, 0.2) is 0 Å². The lowest BCUT2D eigenvalue weighted by Gasteiger charge is -2.37. The van der Waals surface area contributed by atoms with Crippen LogP contribution in [0.5, 0.6) is 0 Å². The van der Waals surface area contributed by atoms with Crippen molar-refractivity contribution in [3.63, 3.8) is 0 Å². The lowest BCUT2D eigenvalue weighted by molar-refractivity contribution is 0.0636. The minimum Gasteiger partial charge on any atom is -0.366 e. The number of nitrogens with one attached hydrogen (secondary N) is 1. The molecule has 2 aromatic carbocycles. The first-order valence-corrected chi connectivity index (χ1v) is 14.0. The molecule has 0 saturated carbocycles. The topological polar surface area (TPSA) is 61.4 Å². The number of rotatable bonds is 6. The summed E-state index contributed by atoms with van der Waals surface area (Å²) >= 11 is 0. The second-order valence-electron chi connectivity index (χ2n) is 11.9. The average Bonchev–Trinajstić information content (AvgIpc) is 3.43. The zero-order valence-electron chi connectivity index (χ0n) is 23.3. The second kappa shape index (κ2) is 11.2. The van der Waals surface area contributed by atoms with Crippen LogP contribution in [0.25, 0.3) is 0 Å². The Bertz CT molecular complexity index is 1230. The molecule has 200 valence electrons. The van der Waals surface area contributed by atoms with Gasteiger partial charge in [0, 0.05) is 37.8 Å². The first-order chi connectivity index (χ1) is 18.3. The monoisotopic (exact) mass is 511 g/mol. The molecule has 3 aromatic rings. The Morgan fingerprint density at radius 1 is 0.947 bits per heavy atom. The summed E-state index contributed by atoms with van der Waals surface area (Å²) in [6, 6.07) is 20.1. The molecule has 0 radical (unpaired) electrons. The van der Waals surface area contributed by atoms with E-state index < -0.39 is 0 Å². The maximum atomic E-state index is 13.4. The normalized spacial score (nSPS) is 19.1. The molecular formula is C32H41N5O. The van der Waals surface area contributed by atoms with Crippen LogP contribution >= 0.6 is 0 Å². The second-order valence-corrected chi connectivity index (χ2v) is 11.9. The number of anilines is 1. The molecule has 1 unspecified atom stereocenters. The standard InChI is InChI=1S/C32H41N5O/c1-23-29(34-22-35-30(23)33-20-24-10-12-27(13-11-24)32(2,3)4)31(38)36-18-15-28(16-19-36)37-17-14-26(21-37)25-8-6-5-7-9-25/h5-13,22,26,28H,14-21H2,1-4H3,(H,33,34,35). The van der Waals surface area contributed by atoms with Crippen LogP contribution in [0.3, 0.4) is 0 Å². The maximum absolute atomic E-state index is 13.4. The van der Waals surface area contributed by atoms with Crippen LogP contribution in [-0.4, -0.2) is 57.9 Å². The molecule has 6 nitrogen and oxygen atoms in total. The minimum atomic E-state index is 0.0181. The van der Waals surface area contributed by atoms with E-state index in [1.54, 1.807) is 0 Å². The zero-order valence-corrected chi connectivity index (χ0v) is 23.3. The van der Waals surface area contributed by atoms with Crippen molar-refractivity contribution in [3.8, 4) is 0 Å². The fourth-order valence-electron chi connectivity index (χ4n) is 5.85. The molecule has 3 heterocycles. The lowest BCUT2D eigenvalue weighted by Crippen LogP contribution is -2.46. The summed E-state index contributed by atoms with van der Waals surface area (Å²) in [5.74, 6) is 1.37. The Morgan fingerprint density at radius 3 is 2.34 bits per heavy atom. The Balaban J connectivity index is 1.16. The zero-order chi connectivity index (χ0) is 26.7. The molecule has 38 heavy (non-hydrogen) atoms. The van der Waals surface area contributed by atoms with E-state index in [2.05, 4.69) is 95.6 Å². The number of likely N-dealkylation sites (tertiary alicyclic amines) is 2. The summed E-state index contributed by atoms with van der Waals surface area (Å²) in [5, 5.41) is 3.42. The highest BCUT2D eigenvalue weighted by Crippen LogP contribution is 2.31. The van der Waals surface area contributed by atoms with Gasteiger partial charge in [-0.3, -0.25) is 9.69 Å². The van der Waals surface area contributed by atoms with E-state index in [1.807, 2.05) is 11.8 Å². The van der Waals surface area contributed by atoms with Gasteiger partial charge >= 0.3 is 0 Å². The van der Waals surface area contributed by atoms with E-state index >= 15 is 0 Å². The third-order valence-corrected chi connectivity index (χ3v) is 8.33. The van der Waals surface area contributed by atoms with Crippen molar-refractivity contribution in [1.82, 2.24) is 19.8 Å². The van der Waals surface area contributed by atoms with E-state index in [9.17, 15) is 4.79 Å². The van der Waals surface area contributed by atoms with Crippen molar-refractivity contribution < 1.29 is 4.79 Å². The maximum Gasteiger partial charge on any atom is 0.272 e. The molecule has 0 spiro atoms. The highest BCUT2D eigenvalue weighted by Gasteiger charge is 2.33. The van der Waals surface area contributed by atoms with Crippen LogP contribution < -0.4 is 5.32 Å². The summed E-state index contributed by atoms with van der Waals surface area (Å²) in [7, 11) is 0. The van der Waals surface area contributed by atoms with E-state index in [0.717, 1.165) is 50.4 Å². The van der Waals surface area contributed by atoms with Crippen molar-refractivity contribution in [2.45, 2.75) is 70.9 Å². The number of hydrogen-bond donors (Lipinski definition) is 1. The van der Waals surface area contributed by atoms with Crippen LogP contribution in [0.2, 0.25) is 0 Å². The first kappa shape index (κ1) is 26.4. The molecular weight excluding hydrogens is 470 g/mol.